The molecule has 0 aliphatic carbocycles. The summed E-state index contributed by atoms with van der Waals surface area (Å²) in [5.74, 6) is 0.580. The van der Waals surface area contributed by atoms with Gasteiger partial charge in [-0.05, 0) is 66.8 Å². The molecule has 0 atom stereocenters. The minimum Gasteiger partial charge on any atom is -0.400 e. The second kappa shape index (κ2) is 5.83. The lowest BCUT2D eigenvalue weighted by atomic mass is 9.78. The largest absolute Gasteiger partial charge is 0.491 e. The van der Waals surface area contributed by atoms with E-state index in [1.54, 1.807) is 6.20 Å². The normalized spacial score (nSPS) is 21.3. The Morgan fingerprint density at radius 3 is 2.45 bits per heavy atom. The molecule has 3 nitrogen and oxygen atoms in total. The van der Waals surface area contributed by atoms with Crippen molar-refractivity contribution in [2.75, 3.05) is 5.75 Å². The van der Waals surface area contributed by atoms with Crippen LogP contribution in [0.3, 0.4) is 0 Å². The van der Waals surface area contributed by atoms with E-state index < -0.39 is 0 Å². The molecular weight excluding hydrogens is 337 g/mol. The van der Waals surface area contributed by atoms with Crippen LogP contribution in [0, 0.1) is 0 Å². The Balaban J connectivity index is 2.26. The van der Waals surface area contributed by atoms with Crippen molar-refractivity contribution >= 4 is 41.8 Å². The molecule has 1 aliphatic rings. The fourth-order valence-corrected chi connectivity index (χ4v) is 2.53. The summed E-state index contributed by atoms with van der Waals surface area (Å²) in [4.78, 5) is 4.12. The topological polar surface area (TPSA) is 31.4 Å². The first-order valence-electron chi connectivity index (χ1n) is 6.54. The van der Waals surface area contributed by atoms with Gasteiger partial charge in [0.05, 0.1) is 11.2 Å². The Bertz CT molecular complexity index is 518. The van der Waals surface area contributed by atoms with Crippen LogP contribution in [0.15, 0.2) is 28.4 Å². The zero-order valence-corrected chi connectivity index (χ0v) is 14.7. The highest BCUT2D eigenvalue weighted by Gasteiger charge is 2.52. The van der Waals surface area contributed by atoms with Gasteiger partial charge in [0.15, 0.2) is 0 Å². The van der Waals surface area contributed by atoms with E-state index in [0.717, 1.165) is 15.6 Å². The van der Waals surface area contributed by atoms with Gasteiger partial charge in [0.25, 0.3) is 0 Å². The summed E-state index contributed by atoms with van der Waals surface area (Å²) in [6, 6.07) is 3.90. The van der Waals surface area contributed by atoms with Crippen molar-refractivity contribution < 1.29 is 9.31 Å². The predicted molar refractivity (Wildman–Crippen MR) is 89.8 cm³/mol. The van der Waals surface area contributed by atoms with Crippen molar-refractivity contribution in [3.8, 4) is 0 Å². The molecule has 1 aromatic rings. The quantitative estimate of drug-likeness (QED) is 0.508. The third kappa shape index (κ3) is 3.30. The SMILES string of the molecule is CC1(C)OB(C(=Cc2ccnc(Br)c2)CS)OC1(C)C. The molecule has 2 rings (SSSR count). The zero-order valence-electron chi connectivity index (χ0n) is 12.2. The van der Waals surface area contributed by atoms with Crippen molar-refractivity contribution in [1.29, 1.82) is 0 Å². The molecule has 6 heteroatoms. The highest BCUT2D eigenvalue weighted by Crippen LogP contribution is 2.39. The van der Waals surface area contributed by atoms with Gasteiger partial charge in [-0.2, -0.15) is 12.6 Å². The molecule has 0 unspecified atom stereocenters. The van der Waals surface area contributed by atoms with Crippen molar-refractivity contribution in [1.82, 2.24) is 4.98 Å². The van der Waals surface area contributed by atoms with Crippen LogP contribution >= 0.6 is 28.6 Å². The molecule has 0 radical (unpaired) electrons. The smallest absolute Gasteiger partial charge is 0.400 e. The van der Waals surface area contributed by atoms with Gasteiger partial charge in [0.2, 0.25) is 0 Å². The number of rotatable bonds is 3. The summed E-state index contributed by atoms with van der Waals surface area (Å²) >= 11 is 7.78. The van der Waals surface area contributed by atoms with E-state index >= 15 is 0 Å². The lowest BCUT2D eigenvalue weighted by Crippen LogP contribution is -2.41. The number of aromatic nitrogens is 1. The Hall–Kier alpha value is -0.295. The van der Waals surface area contributed by atoms with Crippen LogP contribution in [0.1, 0.15) is 33.3 Å². The van der Waals surface area contributed by atoms with Crippen molar-refractivity contribution in [3.05, 3.63) is 34.0 Å². The predicted octanol–water partition coefficient (Wildman–Crippen LogP) is 3.79. The van der Waals surface area contributed by atoms with Crippen LogP contribution in [0.2, 0.25) is 0 Å². The number of thiol groups is 1. The van der Waals surface area contributed by atoms with Crippen LogP contribution in [0.5, 0.6) is 0 Å². The Morgan fingerprint density at radius 1 is 1.35 bits per heavy atom. The van der Waals surface area contributed by atoms with Gasteiger partial charge in [0.1, 0.15) is 4.60 Å². The molecule has 1 aromatic heterocycles. The van der Waals surface area contributed by atoms with Gasteiger partial charge >= 0.3 is 7.12 Å². The third-order valence-corrected chi connectivity index (χ3v) is 4.64. The second-order valence-electron chi connectivity index (χ2n) is 5.88. The molecule has 1 saturated heterocycles. The molecule has 0 bridgehead atoms. The van der Waals surface area contributed by atoms with Gasteiger partial charge < -0.3 is 9.31 Å². The molecule has 0 N–H and O–H groups in total. The molecule has 0 amide bonds. The first-order valence-corrected chi connectivity index (χ1v) is 7.96. The van der Waals surface area contributed by atoms with Crippen LogP contribution in [0.4, 0.5) is 0 Å². The number of pyridine rings is 1. The van der Waals surface area contributed by atoms with E-state index in [9.17, 15) is 0 Å². The summed E-state index contributed by atoms with van der Waals surface area (Å²) < 4.78 is 12.9. The Labute approximate surface area is 134 Å². The lowest BCUT2D eigenvalue weighted by molar-refractivity contribution is 0.00578. The van der Waals surface area contributed by atoms with Gasteiger partial charge in [-0.25, -0.2) is 4.98 Å². The van der Waals surface area contributed by atoms with Gasteiger partial charge in [-0.15, -0.1) is 0 Å². The molecule has 0 aromatic carbocycles. The summed E-state index contributed by atoms with van der Waals surface area (Å²) in [5, 5.41) is 0. The zero-order chi connectivity index (χ0) is 15.0. The van der Waals surface area contributed by atoms with E-state index in [-0.39, 0.29) is 18.3 Å². The van der Waals surface area contributed by atoms with E-state index in [2.05, 4.69) is 33.5 Å². The maximum atomic E-state index is 6.05. The van der Waals surface area contributed by atoms with Crippen molar-refractivity contribution in [2.24, 2.45) is 0 Å². The minimum absolute atomic E-state index is 0.335. The highest BCUT2D eigenvalue weighted by molar-refractivity contribution is 9.10. The molecule has 108 valence electrons. The summed E-state index contributed by atoms with van der Waals surface area (Å²) in [6.07, 6.45) is 3.80. The summed E-state index contributed by atoms with van der Waals surface area (Å²) in [6.45, 7) is 8.19. The van der Waals surface area contributed by atoms with Crippen LogP contribution in [0.25, 0.3) is 6.08 Å². The molecule has 20 heavy (non-hydrogen) atoms. The summed E-state index contributed by atoms with van der Waals surface area (Å²) in [5.41, 5.74) is 1.38. The van der Waals surface area contributed by atoms with E-state index in [1.807, 2.05) is 45.9 Å². The average molecular weight is 356 g/mol. The highest BCUT2D eigenvalue weighted by atomic mass is 79.9. The first-order chi connectivity index (χ1) is 9.25. The number of hydrogen-bond donors (Lipinski definition) is 1. The van der Waals surface area contributed by atoms with Crippen LogP contribution in [-0.2, 0) is 9.31 Å². The van der Waals surface area contributed by atoms with Crippen LogP contribution < -0.4 is 0 Å². The minimum atomic E-state index is -0.357. The fraction of sp³-hybridized carbons (Fsp3) is 0.500. The number of halogens is 1. The third-order valence-electron chi connectivity index (χ3n) is 3.84. The Kier molecular flexibility index (Phi) is 4.69. The number of hydrogen-bond acceptors (Lipinski definition) is 4. The standard InChI is InChI=1S/C14H19BBrNO2S/c1-13(2)14(3,4)19-15(18-13)11(9-20)7-10-5-6-17-12(16)8-10/h5-8,20H,9H2,1-4H3. The van der Waals surface area contributed by atoms with Crippen molar-refractivity contribution in [2.45, 2.75) is 38.9 Å². The van der Waals surface area contributed by atoms with E-state index in [1.165, 1.54) is 0 Å². The maximum Gasteiger partial charge on any atom is 0.491 e. The molecule has 2 heterocycles. The monoisotopic (exact) mass is 355 g/mol. The number of nitrogens with zero attached hydrogens (tertiary/aromatic N) is 1. The van der Waals surface area contributed by atoms with Crippen LogP contribution in [-0.4, -0.2) is 29.1 Å². The Morgan fingerprint density at radius 2 is 1.95 bits per heavy atom. The molecular formula is C14H19BBrNO2S. The van der Waals surface area contributed by atoms with Gasteiger partial charge in [-0.3, -0.25) is 0 Å². The maximum absolute atomic E-state index is 6.05. The lowest BCUT2D eigenvalue weighted by Gasteiger charge is -2.32. The molecule has 1 aliphatic heterocycles. The van der Waals surface area contributed by atoms with Gasteiger partial charge in [-0.1, -0.05) is 6.08 Å². The second-order valence-corrected chi connectivity index (χ2v) is 7.01. The summed E-state index contributed by atoms with van der Waals surface area (Å²) in [7, 11) is -0.357. The molecule has 0 saturated carbocycles. The molecule has 1 fully saturated rings. The average Bonchev–Trinajstić information content (AvgIpc) is 2.55. The first kappa shape index (κ1) is 16.1. The fourth-order valence-electron chi connectivity index (χ4n) is 1.90. The molecule has 0 spiro atoms. The van der Waals surface area contributed by atoms with Crippen molar-refractivity contribution in [3.63, 3.8) is 0 Å². The van der Waals surface area contributed by atoms with E-state index in [0.29, 0.717) is 5.75 Å². The van der Waals surface area contributed by atoms with Gasteiger partial charge in [0, 0.05) is 11.9 Å². The van der Waals surface area contributed by atoms with E-state index in [4.69, 9.17) is 9.31 Å².